The summed E-state index contributed by atoms with van der Waals surface area (Å²) in [5, 5.41) is 0. The second-order valence-corrected chi connectivity index (χ2v) is 8.71. The molecule has 2 heterocycles. The first-order valence-electron chi connectivity index (χ1n) is 5.98. The molecule has 0 bridgehead atoms. The number of hydrogen-bond acceptors (Lipinski definition) is 10. The molecular formula is C12H12N2O4S4. The molecule has 0 aliphatic heterocycles. The maximum Gasteiger partial charge on any atom is 0.310 e. The van der Waals surface area contributed by atoms with E-state index in [1.54, 1.807) is 12.4 Å². The molecule has 0 aliphatic rings. The van der Waals surface area contributed by atoms with Gasteiger partial charge < -0.3 is 9.47 Å². The van der Waals surface area contributed by atoms with Crippen molar-refractivity contribution < 1.29 is 19.1 Å². The number of carbonyl (C=O) groups is 2. The fraction of sp³-hybridized carbons (Fsp3) is 0.333. The normalized spacial score (nSPS) is 10.5. The lowest BCUT2D eigenvalue weighted by Crippen LogP contribution is -2.02. The second-order valence-electron chi connectivity index (χ2n) is 3.86. The lowest BCUT2D eigenvalue weighted by molar-refractivity contribution is -0.140. The van der Waals surface area contributed by atoms with Crippen LogP contribution < -0.4 is 0 Å². The van der Waals surface area contributed by atoms with Gasteiger partial charge in [0.15, 0.2) is 8.68 Å². The van der Waals surface area contributed by atoms with E-state index >= 15 is 0 Å². The number of thiazole rings is 2. The van der Waals surface area contributed by atoms with Gasteiger partial charge in [-0.05, 0) is 21.6 Å². The molecule has 6 nitrogen and oxygen atoms in total. The average molecular weight is 377 g/mol. The van der Waals surface area contributed by atoms with E-state index in [-0.39, 0.29) is 24.8 Å². The van der Waals surface area contributed by atoms with Crippen LogP contribution in [0, 0.1) is 0 Å². The van der Waals surface area contributed by atoms with Gasteiger partial charge in [-0.25, -0.2) is 9.97 Å². The highest BCUT2D eigenvalue weighted by Crippen LogP contribution is 2.40. The van der Waals surface area contributed by atoms with Crippen LogP contribution in [0.25, 0.3) is 0 Å². The van der Waals surface area contributed by atoms with Crippen LogP contribution in [-0.4, -0.2) is 36.1 Å². The van der Waals surface area contributed by atoms with Crippen molar-refractivity contribution >= 4 is 56.2 Å². The first-order valence-corrected chi connectivity index (χ1v) is 9.76. The fourth-order valence-electron chi connectivity index (χ4n) is 1.32. The molecular weight excluding hydrogens is 364 g/mol. The van der Waals surface area contributed by atoms with Crippen LogP contribution >= 0.6 is 44.3 Å². The SMILES string of the molecule is COC(=O)Cc1cnc(SSc2ncc(CC(=O)OC)s2)s1. The second kappa shape index (κ2) is 8.51. The summed E-state index contributed by atoms with van der Waals surface area (Å²) < 4.78 is 10.9. The van der Waals surface area contributed by atoms with E-state index in [0.717, 1.165) is 18.4 Å². The van der Waals surface area contributed by atoms with Gasteiger partial charge in [0.05, 0.1) is 27.1 Å². The summed E-state index contributed by atoms with van der Waals surface area (Å²) in [7, 11) is 5.67. The molecule has 0 aliphatic carbocycles. The summed E-state index contributed by atoms with van der Waals surface area (Å²) in [5.74, 6) is -0.555. The van der Waals surface area contributed by atoms with Gasteiger partial charge in [-0.3, -0.25) is 9.59 Å². The molecule has 10 heteroatoms. The fourth-order valence-corrected chi connectivity index (χ4v) is 5.73. The Morgan fingerprint density at radius 1 is 0.955 bits per heavy atom. The summed E-state index contributed by atoms with van der Waals surface area (Å²) in [6.45, 7) is 0. The van der Waals surface area contributed by atoms with Crippen molar-refractivity contribution in [2.45, 2.75) is 21.5 Å². The first-order chi connectivity index (χ1) is 10.6. The Hall–Kier alpha value is -1.10. The molecule has 118 valence electrons. The minimum absolute atomic E-state index is 0.236. The molecule has 22 heavy (non-hydrogen) atoms. The monoisotopic (exact) mass is 376 g/mol. The molecule has 2 rings (SSSR count). The van der Waals surface area contributed by atoms with Gasteiger partial charge in [0.2, 0.25) is 0 Å². The van der Waals surface area contributed by atoms with Crippen LogP contribution in [0.2, 0.25) is 0 Å². The Morgan fingerprint density at radius 2 is 1.36 bits per heavy atom. The Morgan fingerprint density at radius 3 is 1.73 bits per heavy atom. The summed E-state index contributed by atoms with van der Waals surface area (Å²) in [6, 6.07) is 0. The topological polar surface area (TPSA) is 78.4 Å². The summed E-state index contributed by atoms with van der Waals surface area (Å²) >= 11 is 2.90. The first kappa shape index (κ1) is 17.3. The van der Waals surface area contributed by atoms with Crippen molar-refractivity contribution in [3.63, 3.8) is 0 Å². The van der Waals surface area contributed by atoms with E-state index in [4.69, 9.17) is 0 Å². The summed E-state index contributed by atoms with van der Waals surface area (Å²) in [6.07, 6.45) is 3.82. The maximum atomic E-state index is 11.2. The van der Waals surface area contributed by atoms with Crippen LogP contribution in [0.5, 0.6) is 0 Å². The third kappa shape index (κ3) is 5.27. The average Bonchev–Trinajstić information content (AvgIpc) is 3.14. The predicted octanol–water partition coefficient (Wildman–Crippen LogP) is 2.83. The molecule has 0 fully saturated rings. The highest BCUT2D eigenvalue weighted by atomic mass is 33.1. The van der Waals surface area contributed by atoms with E-state index < -0.39 is 0 Å². The zero-order valence-electron chi connectivity index (χ0n) is 11.7. The zero-order chi connectivity index (χ0) is 15.9. The zero-order valence-corrected chi connectivity index (χ0v) is 15.0. The van der Waals surface area contributed by atoms with Crippen LogP contribution in [-0.2, 0) is 31.9 Å². The molecule has 0 N–H and O–H groups in total. The predicted molar refractivity (Wildman–Crippen MR) is 87.4 cm³/mol. The highest BCUT2D eigenvalue weighted by Gasteiger charge is 2.11. The van der Waals surface area contributed by atoms with Gasteiger partial charge in [-0.15, -0.1) is 22.7 Å². The minimum Gasteiger partial charge on any atom is -0.469 e. The highest BCUT2D eigenvalue weighted by molar-refractivity contribution is 8.77. The van der Waals surface area contributed by atoms with E-state index in [0.29, 0.717) is 0 Å². The Kier molecular flexibility index (Phi) is 6.68. The van der Waals surface area contributed by atoms with Crippen molar-refractivity contribution in [2.24, 2.45) is 0 Å². The maximum absolute atomic E-state index is 11.2. The Balaban J connectivity index is 1.85. The third-order valence-corrected chi connectivity index (χ3v) is 7.33. The van der Waals surface area contributed by atoms with Gasteiger partial charge in [0, 0.05) is 22.1 Å². The van der Waals surface area contributed by atoms with Gasteiger partial charge in [0.25, 0.3) is 0 Å². The van der Waals surface area contributed by atoms with Crippen molar-refractivity contribution in [3.8, 4) is 0 Å². The molecule has 0 aromatic carbocycles. The Labute approximate surface area is 143 Å². The third-order valence-electron chi connectivity index (χ3n) is 2.34. The van der Waals surface area contributed by atoms with Gasteiger partial charge in [-0.1, -0.05) is 0 Å². The Bertz CT molecular complexity index is 599. The molecule has 0 atom stereocenters. The number of methoxy groups -OCH3 is 2. The van der Waals surface area contributed by atoms with Crippen molar-refractivity contribution in [1.29, 1.82) is 0 Å². The quantitative estimate of drug-likeness (QED) is 0.539. The number of nitrogens with zero attached hydrogens (tertiary/aromatic N) is 2. The van der Waals surface area contributed by atoms with Crippen molar-refractivity contribution in [3.05, 3.63) is 22.1 Å². The van der Waals surface area contributed by atoms with Crippen molar-refractivity contribution in [2.75, 3.05) is 14.2 Å². The molecule has 2 aromatic heterocycles. The van der Waals surface area contributed by atoms with Crippen molar-refractivity contribution in [1.82, 2.24) is 9.97 Å². The lowest BCUT2D eigenvalue weighted by atomic mass is 10.4. The van der Waals surface area contributed by atoms with Crippen LogP contribution in [0.1, 0.15) is 9.75 Å². The standard InChI is InChI=1S/C12H12N2O4S4/c1-17-9(15)3-7-5-13-11(19-7)21-22-12-14-6-8(20-12)4-10(16)18-2/h5-6H,3-4H2,1-2H3. The lowest BCUT2D eigenvalue weighted by Gasteiger charge is -1.94. The molecule has 0 spiro atoms. The molecule has 2 aromatic rings. The molecule has 0 radical (unpaired) electrons. The van der Waals surface area contributed by atoms with Crippen LogP contribution in [0.15, 0.2) is 21.1 Å². The van der Waals surface area contributed by atoms with E-state index in [9.17, 15) is 9.59 Å². The number of hydrogen-bond donors (Lipinski definition) is 0. The van der Waals surface area contributed by atoms with E-state index in [1.807, 2.05) is 0 Å². The molecule has 0 unspecified atom stereocenters. The van der Waals surface area contributed by atoms with Gasteiger partial charge >= 0.3 is 11.9 Å². The van der Waals surface area contributed by atoms with E-state index in [1.165, 1.54) is 58.5 Å². The number of aromatic nitrogens is 2. The molecule has 0 saturated heterocycles. The number of rotatable bonds is 7. The molecule has 0 amide bonds. The number of ether oxygens (including phenoxy) is 2. The largest absolute Gasteiger partial charge is 0.469 e. The van der Waals surface area contributed by atoms with Gasteiger partial charge in [-0.2, -0.15) is 0 Å². The molecule has 0 saturated carbocycles. The van der Waals surface area contributed by atoms with Crippen LogP contribution in [0.4, 0.5) is 0 Å². The van der Waals surface area contributed by atoms with E-state index in [2.05, 4.69) is 19.4 Å². The minimum atomic E-state index is -0.278. The number of esters is 2. The van der Waals surface area contributed by atoms with Gasteiger partial charge in [0.1, 0.15) is 0 Å². The summed E-state index contributed by atoms with van der Waals surface area (Å²) in [5.41, 5.74) is 0. The summed E-state index contributed by atoms with van der Waals surface area (Å²) in [4.78, 5) is 32.6. The smallest absolute Gasteiger partial charge is 0.310 e. The number of carbonyl (C=O) groups excluding carboxylic acids is 2. The van der Waals surface area contributed by atoms with Crippen LogP contribution in [0.3, 0.4) is 0 Å².